The van der Waals surface area contributed by atoms with Crippen molar-refractivity contribution in [2.75, 3.05) is 11.9 Å². The number of nitrogens with two attached hydrogens (primary N) is 1. The van der Waals surface area contributed by atoms with E-state index in [1.165, 1.54) is 11.0 Å². The normalized spacial score (nSPS) is 12.1. The lowest BCUT2D eigenvalue weighted by Crippen LogP contribution is -2.21. The molecule has 8 heteroatoms. The predicted molar refractivity (Wildman–Crippen MR) is 80.2 cm³/mol. The SMILES string of the molecule is CCC(CN)CC(=O)Nc1cc(-n2cnnn2)ccc1Cl. The highest BCUT2D eigenvalue weighted by Gasteiger charge is 2.13. The molecule has 0 spiro atoms. The highest BCUT2D eigenvalue weighted by atomic mass is 35.5. The van der Waals surface area contributed by atoms with E-state index in [4.69, 9.17) is 17.3 Å². The van der Waals surface area contributed by atoms with Gasteiger partial charge in [-0.25, -0.2) is 4.68 Å². The first-order valence-electron chi connectivity index (χ1n) is 6.66. The van der Waals surface area contributed by atoms with E-state index >= 15 is 0 Å². The molecule has 2 rings (SSSR count). The second-order valence-corrected chi connectivity index (χ2v) is 5.09. The Bertz CT molecular complexity index is 597. The molecule has 0 saturated carbocycles. The Morgan fingerprint density at radius 3 is 2.95 bits per heavy atom. The third-order valence-corrected chi connectivity index (χ3v) is 3.55. The molecule has 0 fully saturated rings. The van der Waals surface area contributed by atoms with Crippen LogP contribution in [0.15, 0.2) is 24.5 Å². The quantitative estimate of drug-likeness (QED) is 0.845. The summed E-state index contributed by atoms with van der Waals surface area (Å²) in [5.41, 5.74) is 6.85. The molecule has 1 aromatic carbocycles. The van der Waals surface area contributed by atoms with E-state index in [0.717, 1.165) is 6.42 Å². The number of halogens is 1. The number of hydrogen-bond donors (Lipinski definition) is 2. The third kappa shape index (κ3) is 3.99. The number of nitrogens with one attached hydrogen (secondary N) is 1. The van der Waals surface area contributed by atoms with Crippen molar-refractivity contribution in [3.63, 3.8) is 0 Å². The van der Waals surface area contributed by atoms with E-state index in [2.05, 4.69) is 20.8 Å². The standard InChI is InChI=1S/C13H17ClN6O/c1-2-9(7-15)5-13(21)17-12-6-10(3-4-11(12)14)20-8-16-18-19-20/h3-4,6,8-9H,2,5,7,15H2,1H3,(H,17,21). The van der Waals surface area contributed by atoms with Crippen molar-refractivity contribution in [3.05, 3.63) is 29.5 Å². The molecule has 0 radical (unpaired) electrons. The summed E-state index contributed by atoms with van der Waals surface area (Å²) in [7, 11) is 0. The van der Waals surface area contributed by atoms with Crippen molar-refractivity contribution < 1.29 is 4.79 Å². The Balaban J connectivity index is 2.12. The molecular formula is C13H17ClN6O. The van der Waals surface area contributed by atoms with Crippen LogP contribution in [-0.4, -0.2) is 32.7 Å². The molecule has 1 aromatic heterocycles. The van der Waals surface area contributed by atoms with Gasteiger partial charge in [0.05, 0.1) is 16.4 Å². The minimum atomic E-state index is -0.108. The minimum Gasteiger partial charge on any atom is -0.330 e. The van der Waals surface area contributed by atoms with Gasteiger partial charge in [0, 0.05) is 6.42 Å². The lowest BCUT2D eigenvalue weighted by atomic mass is 10.0. The molecule has 0 aliphatic rings. The molecule has 0 saturated heterocycles. The van der Waals surface area contributed by atoms with Crippen LogP contribution in [0.1, 0.15) is 19.8 Å². The fourth-order valence-corrected chi connectivity index (χ4v) is 2.05. The summed E-state index contributed by atoms with van der Waals surface area (Å²) in [6.07, 6.45) is 2.71. The topological polar surface area (TPSA) is 98.7 Å². The number of aromatic nitrogens is 4. The van der Waals surface area contributed by atoms with E-state index in [1.807, 2.05) is 6.92 Å². The summed E-state index contributed by atoms with van der Waals surface area (Å²) in [5.74, 6) is 0.0644. The van der Waals surface area contributed by atoms with Gasteiger partial charge in [-0.1, -0.05) is 24.9 Å². The van der Waals surface area contributed by atoms with Crippen LogP contribution in [-0.2, 0) is 4.79 Å². The van der Waals surface area contributed by atoms with Crippen LogP contribution in [0.4, 0.5) is 5.69 Å². The molecule has 7 nitrogen and oxygen atoms in total. The summed E-state index contributed by atoms with van der Waals surface area (Å²) < 4.78 is 1.49. The third-order valence-electron chi connectivity index (χ3n) is 3.22. The smallest absolute Gasteiger partial charge is 0.224 e. The molecule has 2 aromatic rings. The zero-order chi connectivity index (χ0) is 15.2. The van der Waals surface area contributed by atoms with Gasteiger partial charge >= 0.3 is 0 Å². The van der Waals surface area contributed by atoms with Crippen molar-refractivity contribution >= 4 is 23.2 Å². The molecule has 1 heterocycles. The lowest BCUT2D eigenvalue weighted by Gasteiger charge is -2.13. The number of amides is 1. The van der Waals surface area contributed by atoms with Crippen LogP contribution in [0.2, 0.25) is 5.02 Å². The fourth-order valence-electron chi connectivity index (χ4n) is 1.89. The summed E-state index contributed by atoms with van der Waals surface area (Å²) in [4.78, 5) is 12.0. The molecule has 0 aliphatic carbocycles. The monoisotopic (exact) mass is 308 g/mol. The van der Waals surface area contributed by atoms with E-state index < -0.39 is 0 Å². The molecule has 1 atom stereocenters. The van der Waals surface area contributed by atoms with E-state index in [1.54, 1.807) is 18.2 Å². The Morgan fingerprint density at radius 2 is 2.33 bits per heavy atom. The Labute approximate surface area is 127 Å². The van der Waals surface area contributed by atoms with Crippen LogP contribution in [0.5, 0.6) is 0 Å². The summed E-state index contributed by atoms with van der Waals surface area (Å²) in [6.45, 7) is 2.50. The van der Waals surface area contributed by atoms with Crippen molar-refractivity contribution in [1.82, 2.24) is 20.2 Å². The second kappa shape index (κ2) is 7.14. The van der Waals surface area contributed by atoms with Gasteiger partial charge < -0.3 is 11.1 Å². The van der Waals surface area contributed by atoms with Gasteiger partial charge in [-0.15, -0.1) is 5.10 Å². The Kier molecular flexibility index (Phi) is 5.24. The molecule has 112 valence electrons. The van der Waals surface area contributed by atoms with E-state index in [0.29, 0.717) is 29.4 Å². The van der Waals surface area contributed by atoms with Crippen molar-refractivity contribution in [3.8, 4) is 5.69 Å². The maximum Gasteiger partial charge on any atom is 0.224 e. The van der Waals surface area contributed by atoms with Gasteiger partial charge in [-0.05, 0) is 41.1 Å². The molecule has 1 unspecified atom stereocenters. The van der Waals surface area contributed by atoms with Crippen LogP contribution in [0, 0.1) is 5.92 Å². The molecule has 21 heavy (non-hydrogen) atoms. The number of carbonyl (C=O) groups is 1. The van der Waals surface area contributed by atoms with Crippen LogP contribution in [0.25, 0.3) is 5.69 Å². The molecule has 3 N–H and O–H groups in total. The van der Waals surface area contributed by atoms with Crippen LogP contribution in [0.3, 0.4) is 0 Å². The number of benzene rings is 1. The minimum absolute atomic E-state index is 0.108. The first-order valence-corrected chi connectivity index (χ1v) is 7.04. The van der Waals surface area contributed by atoms with Gasteiger partial charge in [0.15, 0.2) is 0 Å². The first kappa shape index (κ1) is 15.4. The molecule has 0 bridgehead atoms. The van der Waals surface area contributed by atoms with Gasteiger partial charge in [0.2, 0.25) is 5.91 Å². The van der Waals surface area contributed by atoms with Crippen LogP contribution >= 0.6 is 11.6 Å². The fraction of sp³-hybridized carbons (Fsp3) is 0.385. The van der Waals surface area contributed by atoms with E-state index in [9.17, 15) is 4.79 Å². The van der Waals surface area contributed by atoms with Crippen LogP contribution < -0.4 is 11.1 Å². The summed E-state index contributed by atoms with van der Waals surface area (Å²) >= 11 is 6.11. The molecular weight excluding hydrogens is 292 g/mol. The van der Waals surface area contributed by atoms with Gasteiger partial charge in [-0.2, -0.15) is 0 Å². The number of carbonyl (C=O) groups excluding carboxylic acids is 1. The van der Waals surface area contributed by atoms with Gasteiger partial charge in [0.25, 0.3) is 0 Å². The Hall–Kier alpha value is -1.99. The zero-order valence-electron chi connectivity index (χ0n) is 11.7. The lowest BCUT2D eigenvalue weighted by molar-refractivity contribution is -0.117. The van der Waals surface area contributed by atoms with Gasteiger partial charge in [0.1, 0.15) is 6.33 Å². The van der Waals surface area contributed by atoms with E-state index in [-0.39, 0.29) is 11.8 Å². The average Bonchev–Trinajstić information content (AvgIpc) is 3.01. The number of tetrazole rings is 1. The van der Waals surface area contributed by atoms with Crippen molar-refractivity contribution in [1.29, 1.82) is 0 Å². The zero-order valence-corrected chi connectivity index (χ0v) is 12.4. The second-order valence-electron chi connectivity index (χ2n) is 4.68. The average molecular weight is 309 g/mol. The predicted octanol–water partition coefficient (Wildman–Crippen LogP) is 1.63. The number of nitrogens with zero attached hydrogens (tertiary/aromatic N) is 4. The number of hydrogen-bond acceptors (Lipinski definition) is 5. The Morgan fingerprint density at radius 1 is 1.52 bits per heavy atom. The number of anilines is 1. The summed E-state index contributed by atoms with van der Waals surface area (Å²) in [5, 5.41) is 14.2. The maximum absolute atomic E-state index is 12.0. The largest absolute Gasteiger partial charge is 0.330 e. The highest BCUT2D eigenvalue weighted by Crippen LogP contribution is 2.25. The summed E-state index contributed by atoms with van der Waals surface area (Å²) in [6, 6.07) is 5.18. The molecule has 1 amide bonds. The maximum atomic E-state index is 12.0. The molecule has 0 aliphatic heterocycles. The number of rotatable bonds is 6. The van der Waals surface area contributed by atoms with Gasteiger partial charge in [-0.3, -0.25) is 4.79 Å². The highest BCUT2D eigenvalue weighted by molar-refractivity contribution is 6.33. The van der Waals surface area contributed by atoms with Crippen molar-refractivity contribution in [2.45, 2.75) is 19.8 Å². The van der Waals surface area contributed by atoms with Crippen molar-refractivity contribution in [2.24, 2.45) is 11.7 Å². The first-order chi connectivity index (χ1) is 10.1.